The number of fused-ring (bicyclic) bond motifs is 1. The van der Waals surface area contributed by atoms with Crippen LogP contribution in [0.15, 0.2) is 18.6 Å². The first kappa shape index (κ1) is 10.7. The van der Waals surface area contributed by atoms with Crippen LogP contribution in [0.25, 0.3) is 0 Å². The summed E-state index contributed by atoms with van der Waals surface area (Å²) in [5.41, 5.74) is 0.450. The van der Waals surface area contributed by atoms with E-state index in [4.69, 9.17) is 0 Å². The average Bonchev–Trinajstić information content (AvgIpc) is 2.82. The topological polar surface area (TPSA) is 58.1 Å². The van der Waals surface area contributed by atoms with E-state index in [1.54, 1.807) is 12.4 Å². The van der Waals surface area contributed by atoms with E-state index in [-0.39, 0.29) is 5.91 Å². The maximum Gasteiger partial charge on any atom is 0.274 e. The Morgan fingerprint density at radius 1 is 1.41 bits per heavy atom. The Hall–Kier alpha value is -1.49. The Labute approximate surface area is 100 Å². The van der Waals surface area contributed by atoms with Gasteiger partial charge in [0.05, 0.1) is 6.20 Å². The van der Waals surface area contributed by atoms with Gasteiger partial charge < -0.3 is 10.2 Å². The fraction of sp³-hybridized carbons (Fsp3) is 0.583. The number of nitrogens with zero attached hydrogens (tertiary/aromatic N) is 3. The molecular formula is C12H16N4O. The molecule has 2 atom stereocenters. The molecule has 2 fully saturated rings. The maximum absolute atomic E-state index is 12.2. The zero-order chi connectivity index (χ0) is 11.7. The molecule has 5 heteroatoms. The first-order chi connectivity index (χ1) is 8.34. The molecule has 1 N–H and O–H groups in total. The quantitative estimate of drug-likeness (QED) is 0.756. The summed E-state index contributed by atoms with van der Waals surface area (Å²) in [4.78, 5) is 22.1. The minimum atomic E-state index is 0.00861. The van der Waals surface area contributed by atoms with Crippen molar-refractivity contribution in [3.63, 3.8) is 0 Å². The molecule has 2 saturated heterocycles. The van der Waals surface area contributed by atoms with Gasteiger partial charge in [0.15, 0.2) is 0 Å². The summed E-state index contributed by atoms with van der Waals surface area (Å²) in [6, 6.07) is 0.476. The molecule has 1 aromatic heterocycles. The van der Waals surface area contributed by atoms with Gasteiger partial charge in [0.2, 0.25) is 0 Å². The normalized spacial score (nSPS) is 27.9. The zero-order valence-electron chi connectivity index (χ0n) is 9.67. The van der Waals surface area contributed by atoms with Crippen LogP contribution in [0.1, 0.15) is 23.3 Å². The van der Waals surface area contributed by atoms with E-state index in [9.17, 15) is 4.79 Å². The van der Waals surface area contributed by atoms with Gasteiger partial charge in [-0.25, -0.2) is 4.98 Å². The summed E-state index contributed by atoms with van der Waals surface area (Å²) >= 11 is 0. The molecule has 0 bridgehead atoms. The summed E-state index contributed by atoms with van der Waals surface area (Å²) < 4.78 is 0. The second kappa shape index (κ2) is 4.41. The highest BCUT2D eigenvalue weighted by Gasteiger charge is 2.36. The van der Waals surface area contributed by atoms with E-state index in [0.717, 1.165) is 19.6 Å². The summed E-state index contributed by atoms with van der Waals surface area (Å²) in [6.07, 6.45) is 7.13. The van der Waals surface area contributed by atoms with Crippen LogP contribution >= 0.6 is 0 Å². The molecule has 0 aliphatic carbocycles. The fourth-order valence-corrected chi connectivity index (χ4v) is 2.78. The van der Waals surface area contributed by atoms with E-state index in [0.29, 0.717) is 17.7 Å². The molecule has 3 rings (SSSR count). The van der Waals surface area contributed by atoms with Gasteiger partial charge in [0, 0.05) is 31.5 Å². The first-order valence-corrected chi connectivity index (χ1v) is 6.13. The van der Waals surface area contributed by atoms with Crippen molar-refractivity contribution in [2.45, 2.75) is 18.9 Å². The lowest BCUT2D eigenvalue weighted by Gasteiger charge is -2.24. The van der Waals surface area contributed by atoms with Crippen LogP contribution < -0.4 is 5.32 Å². The zero-order valence-corrected chi connectivity index (χ0v) is 9.67. The van der Waals surface area contributed by atoms with E-state index in [1.165, 1.54) is 19.0 Å². The highest BCUT2D eigenvalue weighted by Crippen LogP contribution is 2.25. The second-order valence-electron chi connectivity index (χ2n) is 4.76. The minimum absolute atomic E-state index is 0.00861. The molecule has 0 unspecified atom stereocenters. The van der Waals surface area contributed by atoms with Crippen molar-refractivity contribution >= 4 is 5.91 Å². The number of rotatable bonds is 1. The molecule has 0 saturated carbocycles. The third kappa shape index (κ3) is 2.02. The van der Waals surface area contributed by atoms with Gasteiger partial charge in [-0.2, -0.15) is 0 Å². The minimum Gasteiger partial charge on any atom is -0.335 e. The van der Waals surface area contributed by atoms with E-state index in [1.807, 2.05) is 4.90 Å². The third-order valence-electron chi connectivity index (χ3n) is 3.67. The number of likely N-dealkylation sites (tertiary alicyclic amines) is 1. The third-order valence-corrected chi connectivity index (χ3v) is 3.67. The van der Waals surface area contributed by atoms with Crippen molar-refractivity contribution in [3.8, 4) is 0 Å². The summed E-state index contributed by atoms with van der Waals surface area (Å²) in [5, 5.41) is 3.49. The van der Waals surface area contributed by atoms with E-state index in [2.05, 4.69) is 15.3 Å². The number of nitrogens with one attached hydrogen (secondary N) is 1. The number of aromatic nitrogens is 2. The van der Waals surface area contributed by atoms with Crippen LogP contribution in [0.3, 0.4) is 0 Å². The summed E-state index contributed by atoms with van der Waals surface area (Å²) in [7, 11) is 0. The van der Waals surface area contributed by atoms with Gasteiger partial charge in [0.1, 0.15) is 5.69 Å². The molecule has 5 nitrogen and oxygen atoms in total. The highest BCUT2D eigenvalue weighted by molar-refractivity contribution is 5.92. The monoisotopic (exact) mass is 232 g/mol. The van der Waals surface area contributed by atoms with Crippen molar-refractivity contribution in [2.75, 3.05) is 19.6 Å². The molecule has 17 heavy (non-hydrogen) atoms. The average molecular weight is 232 g/mol. The smallest absolute Gasteiger partial charge is 0.274 e. The molecule has 90 valence electrons. The SMILES string of the molecule is O=C(c1cnccn1)N1C[C@@H]2CCCN[C@@H]2C1. The molecule has 2 aliphatic rings. The van der Waals surface area contributed by atoms with E-state index < -0.39 is 0 Å². The molecule has 1 amide bonds. The molecule has 0 radical (unpaired) electrons. The number of carbonyl (C=O) groups is 1. The van der Waals surface area contributed by atoms with Crippen LogP contribution in [0, 0.1) is 5.92 Å². The van der Waals surface area contributed by atoms with Crippen LogP contribution in [0.4, 0.5) is 0 Å². The number of hydrogen-bond acceptors (Lipinski definition) is 4. The highest BCUT2D eigenvalue weighted by atomic mass is 16.2. The fourth-order valence-electron chi connectivity index (χ4n) is 2.78. The Morgan fingerprint density at radius 3 is 3.12 bits per heavy atom. The second-order valence-corrected chi connectivity index (χ2v) is 4.76. The molecule has 2 aliphatic heterocycles. The number of piperidine rings is 1. The standard InChI is InChI=1S/C12H16N4O/c17-12(10-6-13-4-5-15-10)16-7-9-2-1-3-14-11(9)8-16/h4-6,9,11,14H,1-3,7-8H2/t9-,11+/m0/s1. The van der Waals surface area contributed by atoms with Crippen molar-refractivity contribution in [3.05, 3.63) is 24.3 Å². The van der Waals surface area contributed by atoms with Crippen LogP contribution in [-0.2, 0) is 0 Å². The predicted octanol–water partition coefficient (Wildman–Crippen LogP) is 0.301. The van der Waals surface area contributed by atoms with Gasteiger partial charge in [0.25, 0.3) is 5.91 Å². The molecular weight excluding hydrogens is 216 g/mol. The van der Waals surface area contributed by atoms with Crippen LogP contribution in [-0.4, -0.2) is 46.5 Å². The molecule has 1 aromatic rings. The molecule has 0 aromatic carbocycles. The van der Waals surface area contributed by atoms with Crippen LogP contribution in [0.2, 0.25) is 0 Å². The lowest BCUT2D eigenvalue weighted by Crippen LogP contribution is -2.41. The predicted molar refractivity (Wildman–Crippen MR) is 62.5 cm³/mol. The van der Waals surface area contributed by atoms with Gasteiger partial charge in [-0.3, -0.25) is 9.78 Å². The number of amides is 1. The Bertz CT molecular complexity index is 394. The van der Waals surface area contributed by atoms with Crippen molar-refractivity contribution in [1.29, 1.82) is 0 Å². The van der Waals surface area contributed by atoms with Gasteiger partial charge >= 0.3 is 0 Å². The van der Waals surface area contributed by atoms with Crippen LogP contribution in [0.5, 0.6) is 0 Å². The Balaban J connectivity index is 1.72. The number of carbonyl (C=O) groups excluding carboxylic acids is 1. The lowest BCUT2D eigenvalue weighted by molar-refractivity contribution is 0.0779. The van der Waals surface area contributed by atoms with E-state index >= 15 is 0 Å². The maximum atomic E-state index is 12.2. The number of hydrogen-bond donors (Lipinski definition) is 1. The Kier molecular flexibility index (Phi) is 2.76. The van der Waals surface area contributed by atoms with Gasteiger partial charge in [-0.1, -0.05) is 0 Å². The van der Waals surface area contributed by atoms with Gasteiger partial charge in [-0.05, 0) is 25.3 Å². The van der Waals surface area contributed by atoms with Gasteiger partial charge in [-0.15, -0.1) is 0 Å². The first-order valence-electron chi connectivity index (χ1n) is 6.13. The molecule has 3 heterocycles. The largest absolute Gasteiger partial charge is 0.335 e. The van der Waals surface area contributed by atoms with Crippen molar-refractivity contribution < 1.29 is 4.79 Å². The molecule has 0 spiro atoms. The van der Waals surface area contributed by atoms with Crippen molar-refractivity contribution in [1.82, 2.24) is 20.2 Å². The summed E-state index contributed by atoms with van der Waals surface area (Å²) in [5.74, 6) is 0.624. The van der Waals surface area contributed by atoms with Crippen molar-refractivity contribution in [2.24, 2.45) is 5.92 Å². The summed E-state index contributed by atoms with van der Waals surface area (Å²) in [6.45, 7) is 2.74. The Morgan fingerprint density at radius 2 is 2.35 bits per heavy atom. The lowest BCUT2D eigenvalue weighted by atomic mass is 9.94.